The third-order valence-corrected chi connectivity index (χ3v) is 11.7. The Hall–Kier alpha value is -6.44. The van der Waals surface area contributed by atoms with E-state index in [1.807, 2.05) is 0 Å². The molecule has 0 heterocycles. The Morgan fingerprint density at radius 1 is 0.346 bits per heavy atom. The van der Waals surface area contributed by atoms with Crippen molar-refractivity contribution in [3.05, 3.63) is 187 Å². The summed E-state index contributed by atoms with van der Waals surface area (Å²) in [6, 6.07) is 65.6. The van der Waals surface area contributed by atoms with E-state index in [9.17, 15) is 0 Å². The number of hydrogen-bond acceptors (Lipinski definition) is 1. The molecule has 0 radical (unpaired) electrons. The molecular formula is C51H35N. The molecule has 0 bridgehead atoms. The second-order valence-electron chi connectivity index (χ2n) is 15.0. The van der Waals surface area contributed by atoms with Gasteiger partial charge in [0.25, 0.3) is 0 Å². The molecule has 0 aromatic heterocycles. The van der Waals surface area contributed by atoms with Gasteiger partial charge >= 0.3 is 0 Å². The fraction of sp³-hybridized carbons (Fsp3) is 0.0588. The van der Waals surface area contributed by atoms with Crippen molar-refractivity contribution in [1.29, 1.82) is 0 Å². The molecule has 0 unspecified atom stereocenters. The lowest BCUT2D eigenvalue weighted by Crippen LogP contribution is -2.16. The van der Waals surface area contributed by atoms with Crippen molar-refractivity contribution in [3.8, 4) is 44.5 Å². The highest BCUT2D eigenvalue weighted by Crippen LogP contribution is 2.53. The Morgan fingerprint density at radius 2 is 1.00 bits per heavy atom. The molecule has 2 aliphatic carbocycles. The molecule has 0 spiro atoms. The highest BCUT2D eigenvalue weighted by atomic mass is 15.1. The third kappa shape index (κ3) is 4.17. The Balaban J connectivity index is 1.12. The first-order valence-electron chi connectivity index (χ1n) is 18.3. The van der Waals surface area contributed by atoms with E-state index in [4.69, 9.17) is 0 Å². The molecule has 0 fully saturated rings. The number of anilines is 3. The first-order valence-corrected chi connectivity index (χ1v) is 18.3. The molecule has 11 rings (SSSR count). The molecule has 0 atom stereocenters. The summed E-state index contributed by atoms with van der Waals surface area (Å²) in [5, 5.41) is 7.71. The molecule has 0 N–H and O–H groups in total. The number of hydrogen-bond donors (Lipinski definition) is 0. The molecule has 2 aliphatic rings. The van der Waals surface area contributed by atoms with Gasteiger partial charge in [-0.2, -0.15) is 0 Å². The van der Waals surface area contributed by atoms with Crippen LogP contribution in [0.15, 0.2) is 176 Å². The summed E-state index contributed by atoms with van der Waals surface area (Å²) in [7, 11) is 0. The summed E-state index contributed by atoms with van der Waals surface area (Å²) in [5.74, 6) is 0. The average molecular weight is 662 g/mol. The van der Waals surface area contributed by atoms with Crippen LogP contribution >= 0.6 is 0 Å². The molecule has 9 aromatic carbocycles. The van der Waals surface area contributed by atoms with E-state index >= 15 is 0 Å². The highest BCUT2D eigenvalue weighted by molar-refractivity contribution is 6.16. The SMILES string of the molecule is CC1(C)c2ccccc2-c2ccc(N(c3cccc(-c4ccc5c(ccc6ccccc65)c4)c3)c3cc4c5c(cccc5c3)-c3ccccc3-4)cc21. The maximum absolute atomic E-state index is 2.47. The minimum Gasteiger partial charge on any atom is -0.310 e. The number of fused-ring (bicyclic) bond motifs is 9. The van der Waals surface area contributed by atoms with Crippen molar-refractivity contribution in [2.24, 2.45) is 0 Å². The number of benzene rings is 9. The van der Waals surface area contributed by atoms with Gasteiger partial charge in [-0.05, 0) is 130 Å². The van der Waals surface area contributed by atoms with Crippen molar-refractivity contribution in [1.82, 2.24) is 0 Å². The molecule has 1 heteroatoms. The zero-order valence-corrected chi connectivity index (χ0v) is 29.2. The fourth-order valence-electron chi connectivity index (χ4n) is 9.23. The quantitative estimate of drug-likeness (QED) is 0.170. The van der Waals surface area contributed by atoms with E-state index in [-0.39, 0.29) is 5.41 Å². The second kappa shape index (κ2) is 10.8. The summed E-state index contributed by atoms with van der Waals surface area (Å²) < 4.78 is 0. The van der Waals surface area contributed by atoms with Crippen LogP contribution in [0.2, 0.25) is 0 Å². The average Bonchev–Trinajstić information content (AvgIpc) is 3.63. The van der Waals surface area contributed by atoms with Crippen molar-refractivity contribution in [2.75, 3.05) is 4.90 Å². The lowest BCUT2D eigenvalue weighted by molar-refractivity contribution is 0.660. The van der Waals surface area contributed by atoms with Crippen LogP contribution in [0.25, 0.3) is 76.8 Å². The Kier molecular flexibility index (Phi) is 6.08. The maximum Gasteiger partial charge on any atom is 0.0474 e. The van der Waals surface area contributed by atoms with Crippen LogP contribution in [0.1, 0.15) is 25.0 Å². The molecule has 0 saturated carbocycles. The van der Waals surface area contributed by atoms with Gasteiger partial charge in [-0.3, -0.25) is 0 Å². The Labute approximate surface area is 304 Å². The van der Waals surface area contributed by atoms with Gasteiger partial charge in [-0.25, -0.2) is 0 Å². The van der Waals surface area contributed by atoms with Crippen LogP contribution in [-0.2, 0) is 5.41 Å². The largest absolute Gasteiger partial charge is 0.310 e. The van der Waals surface area contributed by atoms with Gasteiger partial charge in [0.2, 0.25) is 0 Å². The van der Waals surface area contributed by atoms with E-state index in [0.29, 0.717) is 0 Å². The van der Waals surface area contributed by atoms with E-state index < -0.39 is 0 Å². The van der Waals surface area contributed by atoms with Crippen LogP contribution < -0.4 is 4.90 Å². The van der Waals surface area contributed by atoms with Gasteiger partial charge in [0, 0.05) is 22.5 Å². The first-order chi connectivity index (χ1) is 25.5. The van der Waals surface area contributed by atoms with Crippen molar-refractivity contribution >= 4 is 49.4 Å². The zero-order chi connectivity index (χ0) is 34.6. The van der Waals surface area contributed by atoms with Gasteiger partial charge < -0.3 is 4.90 Å². The van der Waals surface area contributed by atoms with Crippen LogP contribution in [0, 0.1) is 0 Å². The fourth-order valence-corrected chi connectivity index (χ4v) is 9.23. The topological polar surface area (TPSA) is 3.24 Å². The Morgan fingerprint density at radius 3 is 1.90 bits per heavy atom. The summed E-state index contributed by atoms with van der Waals surface area (Å²) >= 11 is 0. The van der Waals surface area contributed by atoms with Crippen molar-refractivity contribution in [3.63, 3.8) is 0 Å². The zero-order valence-electron chi connectivity index (χ0n) is 29.2. The van der Waals surface area contributed by atoms with Gasteiger partial charge in [0.1, 0.15) is 0 Å². The summed E-state index contributed by atoms with van der Waals surface area (Å²) in [5.41, 5.74) is 16.4. The van der Waals surface area contributed by atoms with E-state index in [1.54, 1.807) is 0 Å². The first kappa shape index (κ1) is 29.3. The standard InChI is InChI=1S/C51H35N/c1-51(2)48-20-8-7-18-44(48)45-26-24-38(31-49(45)51)52(39-29-36-13-10-19-46-42-16-5-6-17-43(42)47(30-39)50(36)46)37-14-9-12-33(28-37)34-23-25-41-35(27-34)22-21-32-11-3-4-15-40(32)41/h3-31H,1-2H3. The molecule has 1 nitrogen and oxygen atoms in total. The molecular weight excluding hydrogens is 627 g/mol. The van der Waals surface area contributed by atoms with Gasteiger partial charge in [0.15, 0.2) is 0 Å². The number of nitrogens with zero attached hydrogens (tertiary/aromatic N) is 1. The van der Waals surface area contributed by atoms with Crippen LogP contribution in [0.3, 0.4) is 0 Å². The number of rotatable bonds is 4. The van der Waals surface area contributed by atoms with Gasteiger partial charge in [0.05, 0.1) is 0 Å². The molecule has 244 valence electrons. The summed E-state index contributed by atoms with van der Waals surface area (Å²) in [6.07, 6.45) is 0. The third-order valence-electron chi connectivity index (χ3n) is 11.7. The lowest BCUT2D eigenvalue weighted by atomic mass is 9.82. The second-order valence-corrected chi connectivity index (χ2v) is 15.0. The summed E-state index contributed by atoms with van der Waals surface area (Å²) in [6.45, 7) is 4.73. The van der Waals surface area contributed by atoms with E-state index in [0.717, 1.165) is 17.1 Å². The van der Waals surface area contributed by atoms with Gasteiger partial charge in [-0.15, -0.1) is 0 Å². The molecule has 0 aliphatic heterocycles. The molecule has 0 amide bonds. The predicted octanol–water partition coefficient (Wildman–Crippen LogP) is 14.2. The van der Waals surface area contributed by atoms with Crippen molar-refractivity contribution < 1.29 is 0 Å². The van der Waals surface area contributed by atoms with Crippen molar-refractivity contribution in [2.45, 2.75) is 19.3 Å². The maximum atomic E-state index is 2.47. The minimum absolute atomic E-state index is 0.101. The normalized spacial score (nSPS) is 13.3. The smallest absolute Gasteiger partial charge is 0.0474 e. The minimum atomic E-state index is -0.101. The molecule has 9 aromatic rings. The molecule has 0 saturated heterocycles. The lowest BCUT2D eigenvalue weighted by Gasteiger charge is -2.29. The van der Waals surface area contributed by atoms with Gasteiger partial charge in [-0.1, -0.05) is 147 Å². The highest BCUT2D eigenvalue weighted by Gasteiger charge is 2.36. The van der Waals surface area contributed by atoms with Crippen LogP contribution in [-0.4, -0.2) is 0 Å². The van der Waals surface area contributed by atoms with E-state index in [1.165, 1.54) is 88.0 Å². The predicted molar refractivity (Wildman–Crippen MR) is 221 cm³/mol. The molecule has 52 heavy (non-hydrogen) atoms. The Bertz CT molecular complexity index is 2950. The monoisotopic (exact) mass is 661 g/mol. The summed E-state index contributed by atoms with van der Waals surface area (Å²) in [4.78, 5) is 2.47. The van der Waals surface area contributed by atoms with Crippen LogP contribution in [0.5, 0.6) is 0 Å². The van der Waals surface area contributed by atoms with Crippen LogP contribution in [0.4, 0.5) is 17.1 Å². The van der Waals surface area contributed by atoms with E-state index in [2.05, 4.69) is 195 Å².